The number of hydrogen-bond donors (Lipinski definition) is 2. The van der Waals surface area contributed by atoms with Gasteiger partial charge in [-0.1, -0.05) is 18.2 Å². The molecule has 7 nitrogen and oxygen atoms in total. The second-order valence-corrected chi connectivity index (χ2v) is 5.47. The summed E-state index contributed by atoms with van der Waals surface area (Å²) in [5, 5.41) is 4.93. The highest BCUT2D eigenvalue weighted by molar-refractivity contribution is 5.94. The van der Waals surface area contributed by atoms with E-state index in [0.29, 0.717) is 12.0 Å². The fourth-order valence-corrected chi connectivity index (χ4v) is 2.08. The molecule has 1 atom stereocenters. The Kier molecular flexibility index (Phi) is 6.90. The number of carbonyl (C=O) groups excluding carboxylic acids is 3. The average molecular weight is 362 g/mol. The number of rotatable bonds is 8. The summed E-state index contributed by atoms with van der Waals surface area (Å²) in [4.78, 5) is 35.2. The normalized spacial score (nSPS) is 11.5. The molecule has 0 aliphatic rings. The molecule has 2 aromatic rings. The van der Waals surface area contributed by atoms with E-state index in [1.807, 2.05) is 0 Å². The van der Waals surface area contributed by atoms with Crippen LogP contribution in [0.5, 0.6) is 0 Å². The van der Waals surface area contributed by atoms with Crippen LogP contribution in [0.4, 0.5) is 4.39 Å². The van der Waals surface area contributed by atoms with E-state index in [9.17, 15) is 18.8 Å². The fraction of sp³-hybridized carbons (Fsp3) is 0.278. The zero-order valence-electron chi connectivity index (χ0n) is 14.2. The molecule has 0 radical (unpaired) electrons. The standard InChI is InChI=1S/C18H19FN2O5/c1-12(21-17(23)15-7-4-10-25-15)18(24)26-11-16(22)20-9-8-13-5-2-3-6-14(13)19/h2-7,10,12H,8-9,11H2,1H3,(H,20,22)(H,21,23)/t12-/m0/s1. The first kappa shape index (κ1) is 19.2. The van der Waals surface area contributed by atoms with Crippen molar-refractivity contribution in [2.24, 2.45) is 0 Å². The lowest BCUT2D eigenvalue weighted by Crippen LogP contribution is -2.41. The van der Waals surface area contributed by atoms with Crippen LogP contribution in [0.15, 0.2) is 47.1 Å². The SMILES string of the molecule is C[C@H](NC(=O)c1ccco1)C(=O)OCC(=O)NCCc1ccccc1F. The topological polar surface area (TPSA) is 97.6 Å². The number of nitrogens with one attached hydrogen (secondary N) is 2. The van der Waals surface area contributed by atoms with Gasteiger partial charge in [-0.15, -0.1) is 0 Å². The first-order valence-corrected chi connectivity index (χ1v) is 7.98. The highest BCUT2D eigenvalue weighted by Crippen LogP contribution is 2.06. The number of ether oxygens (including phenoxy) is 1. The number of amides is 2. The summed E-state index contributed by atoms with van der Waals surface area (Å²) >= 11 is 0. The lowest BCUT2D eigenvalue weighted by atomic mass is 10.1. The molecular weight excluding hydrogens is 343 g/mol. The Labute approximate surface area is 149 Å². The van der Waals surface area contributed by atoms with Crippen molar-refractivity contribution < 1.29 is 27.9 Å². The van der Waals surface area contributed by atoms with Crippen molar-refractivity contribution in [2.75, 3.05) is 13.2 Å². The molecule has 2 amide bonds. The molecule has 0 saturated carbocycles. The van der Waals surface area contributed by atoms with E-state index in [1.54, 1.807) is 24.3 Å². The Morgan fingerprint density at radius 2 is 1.96 bits per heavy atom. The number of esters is 1. The summed E-state index contributed by atoms with van der Waals surface area (Å²) in [6.07, 6.45) is 1.66. The number of carbonyl (C=O) groups is 3. The van der Waals surface area contributed by atoms with Crippen LogP contribution in [0.25, 0.3) is 0 Å². The Hall–Kier alpha value is -3.16. The van der Waals surface area contributed by atoms with Gasteiger partial charge in [0.1, 0.15) is 11.9 Å². The van der Waals surface area contributed by atoms with Crippen LogP contribution < -0.4 is 10.6 Å². The number of benzene rings is 1. The van der Waals surface area contributed by atoms with Gasteiger partial charge >= 0.3 is 5.97 Å². The fourth-order valence-electron chi connectivity index (χ4n) is 2.08. The second-order valence-electron chi connectivity index (χ2n) is 5.47. The smallest absolute Gasteiger partial charge is 0.328 e. The van der Waals surface area contributed by atoms with Crippen LogP contribution in [0.2, 0.25) is 0 Å². The summed E-state index contributed by atoms with van der Waals surface area (Å²) < 4.78 is 23.2. The molecule has 2 rings (SSSR count). The van der Waals surface area contributed by atoms with Crippen molar-refractivity contribution >= 4 is 17.8 Å². The van der Waals surface area contributed by atoms with E-state index in [1.165, 1.54) is 25.3 Å². The minimum atomic E-state index is -0.946. The zero-order chi connectivity index (χ0) is 18.9. The van der Waals surface area contributed by atoms with Crippen molar-refractivity contribution in [1.29, 1.82) is 0 Å². The Morgan fingerprint density at radius 3 is 2.65 bits per heavy atom. The van der Waals surface area contributed by atoms with Crippen molar-refractivity contribution in [3.63, 3.8) is 0 Å². The summed E-state index contributed by atoms with van der Waals surface area (Å²) in [5.74, 6) is -2.10. The minimum Gasteiger partial charge on any atom is -0.459 e. The molecule has 138 valence electrons. The van der Waals surface area contributed by atoms with Crippen LogP contribution in [-0.2, 0) is 20.7 Å². The largest absolute Gasteiger partial charge is 0.459 e. The average Bonchev–Trinajstić information content (AvgIpc) is 3.16. The van der Waals surface area contributed by atoms with Gasteiger partial charge in [-0.3, -0.25) is 9.59 Å². The number of hydrogen-bond acceptors (Lipinski definition) is 5. The lowest BCUT2D eigenvalue weighted by Gasteiger charge is -2.12. The molecule has 2 N–H and O–H groups in total. The van der Waals surface area contributed by atoms with E-state index in [4.69, 9.17) is 9.15 Å². The summed E-state index contributed by atoms with van der Waals surface area (Å²) in [5.41, 5.74) is 0.485. The molecule has 1 aromatic heterocycles. The van der Waals surface area contributed by atoms with Gasteiger partial charge in [0.15, 0.2) is 12.4 Å². The molecule has 0 aliphatic heterocycles. The predicted molar refractivity (Wildman–Crippen MR) is 89.7 cm³/mol. The summed E-state index contributed by atoms with van der Waals surface area (Å²) in [6.45, 7) is 1.15. The van der Waals surface area contributed by atoms with E-state index >= 15 is 0 Å². The van der Waals surface area contributed by atoms with Crippen LogP contribution >= 0.6 is 0 Å². The molecule has 0 unspecified atom stereocenters. The first-order chi connectivity index (χ1) is 12.5. The van der Waals surface area contributed by atoms with Gasteiger partial charge in [0.2, 0.25) is 0 Å². The van der Waals surface area contributed by atoms with Gasteiger partial charge in [-0.25, -0.2) is 9.18 Å². The third-order valence-corrected chi connectivity index (χ3v) is 3.47. The van der Waals surface area contributed by atoms with Crippen molar-refractivity contribution in [1.82, 2.24) is 10.6 Å². The summed E-state index contributed by atoms with van der Waals surface area (Å²) in [7, 11) is 0. The molecule has 0 aliphatic carbocycles. The summed E-state index contributed by atoms with van der Waals surface area (Å²) in [6, 6.07) is 8.32. The third-order valence-electron chi connectivity index (χ3n) is 3.47. The number of halogens is 1. The van der Waals surface area contributed by atoms with Gasteiger partial charge < -0.3 is 19.8 Å². The maximum absolute atomic E-state index is 13.4. The number of furan rings is 1. The van der Waals surface area contributed by atoms with E-state index in [0.717, 1.165) is 0 Å². The Bertz CT molecular complexity index is 761. The van der Waals surface area contributed by atoms with Crippen molar-refractivity contribution in [3.8, 4) is 0 Å². The Morgan fingerprint density at radius 1 is 1.19 bits per heavy atom. The highest BCUT2D eigenvalue weighted by atomic mass is 19.1. The van der Waals surface area contributed by atoms with Crippen molar-refractivity contribution in [3.05, 3.63) is 59.8 Å². The van der Waals surface area contributed by atoms with Crippen LogP contribution in [0.3, 0.4) is 0 Å². The molecular formula is C18H19FN2O5. The molecule has 1 heterocycles. The lowest BCUT2D eigenvalue weighted by molar-refractivity contribution is -0.150. The third kappa shape index (κ3) is 5.73. The van der Waals surface area contributed by atoms with Gasteiger partial charge in [-0.05, 0) is 37.1 Å². The maximum atomic E-state index is 13.4. The van der Waals surface area contributed by atoms with Crippen LogP contribution in [0, 0.1) is 5.82 Å². The van der Waals surface area contributed by atoms with E-state index in [2.05, 4.69) is 10.6 Å². The molecule has 1 aromatic carbocycles. The monoisotopic (exact) mass is 362 g/mol. The molecule has 0 saturated heterocycles. The van der Waals surface area contributed by atoms with Gasteiger partial charge in [0, 0.05) is 6.54 Å². The van der Waals surface area contributed by atoms with E-state index < -0.39 is 30.4 Å². The van der Waals surface area contributed by atoms with Crippen LogP contribution in [-0.4, -0.2) is 37.0 Å². The quantitative estimate of drug-likeness (QED) is 0.693. The molecule has 26 heavy (non-hydrogen) atoms. The second kappa shape index (κ2) is 9.36. The maximum Gasteiger partial charge on any atom is 0.328 e. The van der Waals surface area contributed by atoms with E-state index in [-0.39, 0.29) is 18.1 Å². The molecule has 0 spiro atoms. The minimum absolute atomic E-state index is 0.0653. The molecule has 0 bridgehead atoms. The van der Waals surface area contributed by atoms with Gasteiger partial charge in [0.05, 0.1) is 6.26 Å². The van der Waals surface area contributed by atoms with Crippen molar-refractivity contribution in [2.45, 2.75) is 19.4 Å². The van der Waals surface area contributed by atoms with Crippen LogP contribution in [0.1, 0.15) is 23.0 Å². The first-order valence-electron chi connectivity index (χ1n) is 7.98. The Balaban J connectivity index is 1.67. The highest BCUT2D eigenvalue weighted by Gasteiger charge is 2.20. The van der Waals surface area contributed by atoms with Gasteiger partial charge in [-0.2, -0.15) is 0 Å². The zero-order valence-corrected chi connectivity index (χ0v) is 14.2. The molecule has 0 fully saturated rings. The predicted octanol–water partition coefficient (Wildman–Crippen LogP) is 1.44. The molecule has 8 heteroatoms. The van der Waals surface area contributed by atoms with Gasteiger partial charge in [0.25, 0.3) is 11.8 Å².